The lowest BCUT2D eigenvalue weighted by Gasteiger charge is -2.20. The van der Waals surface area contributed by atoms with Crippen LogP contribution >= 0.6 is 0 Å². The number of hydrogen-bond donors (Lipinski definition) is 2. The second-order valence-electron chi connectivity index (χ2n) is 9.00. The Bertz CT molecular complexity index is 1220. The molecule has 2 N–H and O–H groups in total. The van der Waals surface area contributed by atoms with Gasteiger partial charge in [0, 0.05) is 29.2 Å². The molecule has 0 radical (unpaired) electrons. The lowest BCUT2D eigenvalue weighted by atomic mass is 10.0. The maximum absolute atomic E-state index is 11.9. The van der Waals surface area contributed by atoms with Gasteiger partial charge in [-0.2, -0.15) is 0 Å². The molecular formula is C25H29N5O4. The third-order valence-electron chi connectivity index (χ3n) is 6.07. The van der Waals surface area contributed by atoms with Crippen molar-refractivity contribution in [2.24, 2.45) is 0 Å². The first-order valence-corrected chi connectivity index (χ1v) is 11.7. The Morgan fingerprint density at radius 3 is 2.79 bits per heavy atom. The Balaban J connectivity index is 1.32. The number of hydrogen-bond acceptors (Lipinski definition) is 8. The van der Waals surface area contributed by atoms with Crippen LogP contribution in [0.1, 0.15) is 38.8 Å². The minimum absolute atomic E-state index is 0.0883. The summed E-state index contributed by atoms with van der Waals surface area (Å²) in [5.74, 6) is 1.80. The Morgan fingerprint density at radius 1 is 1.12 bits per heavy atom. The number of rotatable bonds is 5. The highest BCUT2D eigenvalue weighted by molar-refractivity contribution is 5.88. The number of anilines is 1. The van der Waals surface area contributed by atoms with E-state index in [2.05, 4.69) is 21.7 Å². The number of aromatic nitrogens is 3. The van der Waals surface area contributed by atoms with Crippen molar-refractivity contribution < 1.29 is 19.0 Å². The summed E-state index contributed by atoms with van der Waals surface area (Å²) < 4.78 is 16.6. The van der Waals surface area contributed by atoms with Crippen LogP contribution in [0.15, 0.2) is 30.5 Å². The van der Waals surface area contributed by atoms with Gasteiger partial charge in [-0.25, -0.2) is 19.7 Å². The van der Waals surface area contributed by atoms with Crippen LogP contribution in [0.3, 0.4) is 0 Å². The van der Waals surface area contributed by atoms with Crippen LogP contribution in [0.5, 0.6) is 11.6 Å². The van der Waals surface area contributed by atoms with E-state index in [9.17, 15) is 4.79 Å². The van der Waals surface area contributed by atoms with Gasteiger partial charge in [0.25, 0.3) is 5.88 Å². The van der Waals surface area contributed by atoms with Crippen LogP contribution in [-0.2, 0) is 4.74 Å². The third-order valence-corrected chi connectivity index (χ3v) is 6.07. The number of carbonyl (C=O) groups is 1. The third kappa shape index (κ3) is 4.69. The predicted octanol–water partition coefficient (Wildman–Crippen LogP) is 4.24. The number of amides is 1. The lowest BCUT2D eigenvalue weighted by molar-refractivity contribution is 0.112. The number of pyridine rings is 1. The van der Waals surface area contributed by atoms with Crippen molar-refractivity contribution in [3.8, 4) is 22.8 Å². The number of aryl methyl sites for hydroxylation is 1. The maximum atomic E-state index is 11.9. The molecule has 34 heavy (non-hydrogen) atoms. The molecule has 5 rings (SSSR count). The molecule has 3 aromatic rings. The summed E-state index contributed by atoms with van der Waals surface area (Å²) in [6.07, 6.45) is 3.87. The van der Waals surface area contributed by atoms with Crippen molar-refractivity contribution in [3.63, 3.8) is 0 Å². The van der Waals surface area contributed by atoms with Gasteiger partial charge in [-0.3, -0.25) is 0 Å². The van der Waals surface area contributed by atoms with E-state index in [0.29, 0.717) is 30.8 Å². The molecule has 1 amide bonds. The Kier molecular flexibility index (Phi) is 6.08. The minimum Gasteiger partial charge on any atom is -0.484 e. The van der Waals surface area contributed by atoms with Crippen LogP contribution in [0.25, 0.3) is 22.0 Å². The topological polar surface area (TPSA) is 107 Å². The first-order valence-electron chi connectivity index (χ1n) is 11.7. The van der Waals surface area contributed by atoms with Crippen LogP contribution in [-0.4, -0.2) is 52.4 Å². The Morgan fingerprint density at radius 2 is 1.94 bits per heavy atom. The molecule has 1 saturated carbocycles. The van der Waals surface area contributed by atoms with E-state index < -0.39 is 0 Å². The molecular weight excluding hydrogens is 434 g/mol. The van der Waals surface area contributed by atoms with E-state index in [1.54, 1.807) is 6.20 Å². The molecule has 0 unspecified atom stereocenters. The SMILES string of the molecule is Cc1nc(N[C@@H]2CC[C@H](NC(=O)OC(C)C)C2)nc2ccc(-c3ccnc4c3OCCO4)cc12. The lowest BCUT2D eigenvalue weighted by Crippen LogP contribution is -2.35. The molecule has 3 heterocycles. The molecule has 1 aromatic carbocycles. The van der Waals surface area contributed by atoms with Gasteiger partial charge < -0.3 is 24.8 Å². The number of alkyl carbamates (subject to hydrolysis) is 1. The van der Waals surface area contributed by atoms with Crippen molar-refractivity contribution in [1.29, 1.82) is 0 Å². The van der Waals surface area contributed by atoms with Gasteiger partial charge in [-0.1, -0.05) is 6.07 Å². The smallest absolute Gasteiger partial charge is 0.407 e. The number of ether oxygens (including phenoxy) is 3. The Hall–Kier alpha value is -3.62. The Labute approximate surface area is 198 Å². The highest BCUT2D eigenvalue weighted by Crippen LogP contribution is 2.39. The van der Waals surface area contributed by atoms with Gasteiger partial charge in [0.1, 0.15) is 13.2 Å². The molecule has 0 spiro atoms. The first-order chi connectivity index (χ1) is 16.5. The van der Waals surface area contributed by atoms with Crippen LogP contribution in [0.4, 0.5) is 10.7 Å². The fraction of sp³-hybridized carbons (Fsp3) is 0.440. The molecule has 2 atom stereocenters. The average molecular weight is 464 g/mol. The van der Waals surface area contributed by atoms with Crippen molar-refractivity contribution >= 4 is 22.9 Å². The summed E-state index contributed by atoms with van der Waals surface area (Å²) in [7, 11) is 0. The zero-order chi connectivity index (χ0) is 23.7. The minimum atomic E-state index is -0.360. The highest BCUT2D eigenvalue weighted by atomic mass is 16.6. The van der Waals surface area contributed by atoms with Gasteiger partial charge in [0.2, 0.25) is 5.95 Å². The second-order valence-corrected chi connectivity index (χ2v) is 9.00. The quantitative estimate of drug-likeness (QED) is 0.579. The summed E-state index contributed by atoms with van der Waals surface area (Å²) in [5.41, 5.74) is 3.70. The van der Waals surface area contributed by atoms with E-state index in [1.165, 1.54) is 0 Å². The average Bonchev–Trinajstić information content (AvgIpc) is 3.24. The van der Waals surface area contributed by atoms with Crippen LogP contribution in [0, 0.1) is 6.92 Å². The van der Waals surface area contributed by atoms with Gasteiger partial charge >= 0.3 is 6.09 Å². The standard InChI is InChI=1S/C25H29N5O4/c1-14(2)34-25(31)29-18-6-5-17(13-18)28-24-27-15(3)20-12-16(4-7-21(20)30-24)19-8-9-26-23-22(19)32-10-11-33-23/h4,7-9,12,14,17-18H,5-6,10-11,13H2,1-3H3,(H,29,31)(H,27,28,30)/t17-,18+/m1/s1. The summed E-state index contributed by atoms with van der Waals surface area (Å²) in [6.45, 7) is 6.68. The monoisotopic (exact) mass is 463 g/mol. The number of carbonyl (C=O) groups excluding carboxylic acids is 1. The molecule has 2 aromatic heterocycles. The first kappa shape index (κ1) is 22.2. The molecule has 178 valence electrons. The number of nitrogens with one attached hydrogen (secondary N) is 2. The molecule has 1 aliphatic heterocycles. The van der Waals surface area contributed by atoms with Crippen molar-refractivity contribution in [2.45, 2.75) is 58.2 Å². The van der Waals surface area contributed by atoms with Crippen LogP contribution < -0.4 is 20.1 Å². The zero-order valence-electron chi connectivity index (χ0n) is 19.6. The van der Waals surface area contributed by atoms with E-state index in [1.807, 2.05) is 39.0 Å². The normalized spacial score (nSPS) is 19.3. The molecule has 0 saturated heterocycles. The van der Waals surface area contributed by atoms with Crippen molar-refractivity contribution in [2.75, 3.05) is 18.5 Å². The molecule has 1 aliphatic carbocycles. The molecule has 1 fully saturated rings. The summed E-state index contributed by atoms with van der Waals surface area (Å²) >= 11 is 0. The fourth-order valence-corrected chi connectivity index (χ4v) is 4.54. The summed E-state index contributed by atoms with van der Waals surface area (Å²) in [4.78, 5) is 25.6. The maximum Gasteiger partial charge on any atom is 0.407 e. The van der Waals surface area contributed by atoms with E-state index in [-0.39, 0.29) is 24.3 Å². The summed E-state index contributed by atoms with van der Waals surface area (Å²) in [5, 5.41) is 7.37. The molecule has 2 aliphatic rings. The number of fused-ring (bicyclic) bond motifs is 2. The van der Waals surface area contributed by atoms with Crippen molar-refractivity contribution in [3.05, 3.63) is 36.2 Å². The number of benzene rings is 1. The molecule has 9 heteroatoms. The largest absolute Gasteiger partial charge is 0.484 e. The van der Waals surface area contributed by atoms with Gasteiger partial charge in [0.15, 0.2) is 5.75 Å². The van der Waals surface area contributed by atoms with Gasteiger partial charge in [-0.15, -0.1) is 0 Å². The highest BCUT2D eigenvalue weighted by Gasteiger charge is 2.27. The van der Waals surface area contributed by atoms with E-state index in [4.69, 9.17) is 24.2 Å². The molecule has 9 nitrogen and oxygen atoms in total. The number of nitrogens with zero attached hydrogens (tertiary/aromatic N) is 3. The molecule has 0 bridgehead atoms. The zero-order valence-corrected chi connectivity index (χ0v) is 19.6. The summed E-state index contributed by atoms with van der Waals surface area (Å²) in [6, 6.07) is 8.33. The van der Waals surface area contributed by atoms with Gasteiger partial charge in [-0.05, 0) is 63.8 Å². The predicted molar refractivity (Wildman–Crippen MR) is 128 cm³/mol. The second kappa shape index (κ2) is 9.32. The van der Waals surface area contributed by atoms with E-state index >= 15 is 0 Å². The fourth-order valence-electron chi connectivity index (χ4n) is 4.54. The van der Waals surface area contributed by atoms with Crippen LogP contribution in [0.2, 0.25) is 0 Å². The van der Waals surface area contributed by atoms with E-state index in [0.717, 1.165) is 47.0 Å². The van der Waals surface area contributed by atoms with Gasteiger partial charge in [0.05, 0.1) is 17.3 Å². The van der Waals surface area contributed by atoms with Crippen molar-refractivity contribution in [1.82, 2.24) is 20.3 Å².